The number of fused-ring (bicyclic) bond motifs is 1. The van der Waals surface area contributed by atoms with Crippen molar-refractivity contribution >= 4 is 46.0 Å². The van der Waals surface area contributed by atoms with E-state index in [1.807, 2.05) is 30.3 Å². The van der Waals surface area contributed by atoms with E-state index >= 15 is 0 Å². The number of rotatable bonds is 7. The third kappa shape index (κ3) is 6.42. The number of nitriles is 1. The maximum Gasteiger partial charge on any atom is 0.416 e. The van der Waals surface area contributed by atoms with E-state index in [-0.39, 0.29) is 28.8 Å². The fourth-order valence-electron chi connectivity index (χ4n) is 3.83. The second kappa shape index (κ2) is 11.9. The molecule has 0 atom stereocenters. The molecule has 1 amide bonds. The monoisotopic (exact) mass is 564 g/mol. The number of amides is 1. The molecule has 0 radical (unpaired) electrons. The Hall–Kier alpha value is -4.81. The van der Waals surface area contributed by atoms with Gasteiger partial charge < -0.3 is 14.8 Å². The van der Waals surface area contributed by atoms with Crippen LogP contribution in [0.2, 0.25) is 5.02 Å². The lowest BCUT2D eigenvalue weighted by atomic mass is 10.0. The van der Waals surface area contributed by atoms with E-state index in [9.17, 15) is 28.0 Å². The van der Waals surface area contributed by atoms with Gasteiger partial charge in [-0.2, -0.15) is 18.4 Å². The van der Waals surface area contributed by atoms with Crippen LogP contribution < -0.4 is 14.8 Å². The summed E-state index contributed by atoms with van der Waals surface area (Å²) in [7, 11) is 0. The van der Waals surface area contributed by atoms with Gasteiger partial charge in [0.15, 0.2) is 11.5 Å². The van der Waals surface area contributed by atoms with E-state index in [2.05, 4.69) is 5.32 Å². The summed E-state index contributed by atoms with van der Waals surface area (Å²) in [4.78, 5) is 25.7. The number of alkyl halides is 3. The molecule has 4 aromatic rings. The van der Waals surface area contributed by atoms with Gasteiger partial charge in [0.25, 0.3) is 5.91 Å². The molecule has 0 fully saturated rings. The Morgan fingerprint density at radius 2 is 1.75 bits per heavy atom. The van der Waals surface area contributed by atoms with E-state index in [1.54, 1.807) is 25.1 Å². The third-order valence-corrected chi connectivity index (χ3v) is 6.03. The number of nitrogens with one attached hydrogen (secondary N) is 1. The molecule has 10 heteroatoms. The molecular weight excluding hydrogens is 545 g/mol. The van der Waals surface area contributed by atoms with Crippen LogP contribution in [0.1, 0.15) is 28.4 Å². The average molecular weight is 565 g/mol. The lowest BCUT2D eigenvalue weighted by molar-refractivity contribution is -0.137. The van der Waals surface area contributed by atoms with Crippen molar-refractivity contribution in [3.05, 3.63) is 106 Å². The molecule has 202 valence electrons. The number of esters is 1. The van der Waals surface area contributed by atoms with Crippen LogP contribution >= 0.6 is 11.6 Å². The van der Waals surface area contributed by atoms with Crippen LogP contribution in [0.15, 0.2) is 84.4 Å². The first-order valence-electron chi connectivity index (χ1n) is 11.9. The molecule has 0 heterocycles. The van der Waals surface area contributed by atoms with Crippen molar-refractivity contribution in [3.63, 3.8) is 0 Å². The number of carbonyl (C=O) groups is 2. The van der Waals surface area contributed by atoms with Crippen molar-refractivity contribution in [2.45, 2.75) is 13.1 Å². The van der Waals surface area contributed by atoms with E-state index in [0.29, 0.717) is 17.2 Å². The van der Waals surface area contributed by atoms with Crippen LogP contribution in [0.25, 0.3) is 16.8 Å². The predicted octanol–water partition coefficient (Wildman–Crippen LogP) is 7.68. The molecule has 4 aromatic carbocycles. The molecule has 0 aliphatic heterocycles. The first-order chi connectivity index (χ1) is 19.1. The number of carbonyl (C=O) groups excluding carboxylic acids is 2. The minimum atomic E-state index is -4.65. The van der Waals surface area contributed by atoms with Crippen LogP contribution in [0, 0.1) is 11.3 Å². The zero-order valence-corrected chi connectivity index (χ0v) is 21.6. The molecule has 0 bridgehead atoms. The zero-order valence-electron chi connectivity index (χ0n) is 20.9. The third-order valence-electron chi connectivity index (χ3n) is 5.70. The Labute approximate surface area is 232 Å². The van der Waals surface area contributed by atoms with Gasteiger partial charge in [-0.05, 0) is 65.7 Å². The van der Waals surface area contributed by atoms with Gasteiger partial charge in [0.05, 0.1) is 28.4 Å². The van der Waals surface area contributed by atoms with Gasteiger partial charge in [-0.15, -0.1) is 0 Å². The van der Waals surface area contributed by atoms with Crippen LogP contribution in [0.4, 0.5) is 18.9 Å². The quantitative estimate of drug-likeness (QED) is 0.108. The number of halogens is 4. The van der Waals surface area contributed by atoms with Gasteiger partial charge in [-0.25, -0.2) is 4.79 Å². The highest BCUT2D eigenvalue weighted by molar-refractivity contribution is 6.34. The van der Waals surface area contributed by atoms with Crippen LogP contribution in [0.3, 0.4) is 0 Å². The summed E-state index contributed by atoms with van der Waals surface area (Å²) in [6.45, 7) is 1.96. The Bertz CT molecular complexity index is 1670. The Morgan fingerprint density at radius 3 is 2.48 bits per heavy atom. The minimum Gasteiger partial charge on any atom is -0.490 e. The van der Waals surface area contributed by atoms with Crippen LogP contribution in [-0.4, -0.2) is 18.5 Å². The Balaban J connectivity index is 1.59. The molecule has 0 saturated carbocycles. The zero-order chi connectivity index (χ0) is 28.9. The van der Waals surface area contributed by atoms with Gasteiger partial charge in [0, 0.05) is 0 Å². The summed E-state index contributed by atoms with van der Waals surface area (Å²) in [6, 6.07) is 21.3. The van der Waals surface area contributed by atoms with Crippen molar-refractivity contribution in [3.8, 4) is 17.6 Å². The van der Waals surface area contributed by atoms with E-state index in [0.717, 1.165) is 22.9 Å². The molecule has 0 spiro atoms. The number of ether oxygens (including phenoxy) is 2. The maximum absolute atomic E-state index is 13.1. The van der Waals surface area contributed by atoms with Crippen molar-refractivity contribution in [1.29, 1.82) is 5.26 Å². The standard InChI is InChI=1S/C30H20ClF3N2O4/c1-2-39-27-15-18(10-13-26(27)40-29(38)23-9-5-7-19-6-3-4-8-22(19)23)14-20(17-35)28(37)36-25-16-21(30(32,33)34)11-12-24(25)31/h3-16H,2H2,1H3,(H,36,37)/b20-14+. The number of benzene rings is 4. The molecule has 0 aromatic heterocycles. The summed E-state index contributed by atoms with van der Waals surface area (Å²) in [6.07, 6.45) is -3.43. The van der Waals surface area contributed by atoms with Gasteiger partial charge in [-0.1, -0.05) is 54.1 Å². The fourth-order valence-corrected chi connectivity index (χ4v) is 3.99. The lowest BCUT2D eigenvalue weighted by Gasteiger charge is -2.13. The number of nitrogens with zero attached hydrogens (tertiary/aromatic N) is 1. The van der Waals surface area contributed by atoms with Gasteiger partial charge in [0.2, 0.25) is 0 Å². The van der Waals surface area contributed by atoms with E-state index in [4.69, 9.17) is 21.1 Å². The molecule has 1 N–H and O–H groups in total. The average Bonchev–Trinajstić information content (AvgIpc) is 2.93. The molecule has 6 nitrogen and oxygen atoms in total. The van der Waals surface area contributed by atoms with Crippen molar-refractivity contribution in [2.75, 3.05) is 11.9 Å². The summed E-state index contributed by atoms with van der Waals surface area (Å²) < 4.78 is 50.4. The Kier molecular flexibility index (Phi) is 8.41. The summed E-state index contributed by atoms with van der Waals surface area (Å²) in [5.74, 6) is -1.26. The second-order valence-electron chi connectivity index (χ2n) is 8.37. The van der Waals surface area contributed by atoms with Crippen molar-refractivity contribution in [2.24, 2.45) is 0 Å². The first-order valence-corrected chi connectivity index (χ1v) is 12.2. The maximum atomic E-state index is 13.1. The molecular formula is C30H20ClF3N2O4. The second-order valence-corrected chi connectivity index (χ2v) is 8.78. The molecule has 0 unspecified atom stereocenters. The normalized spacial score (nSPS) is 11.6. The highest BCUT2D eigenvalue weighted by Gasteiger charge is 2.31. The molecule has 0 aliphatic carbocycles. The van der Waals surface area contributed by atoms with Crippen molar-refractivity contribution in [1.82, 2.24) is 0 Å². The number of hydrogen-bond acceptors (Lipinski definition) is 5. The minimum absolute atomic E-state index is 0.121. The highest BCUT2D eigenvalue weighted by atomic mass is 35.5. The fraction of sp³-hybridized carbons (Fsp3) is 0.100. The molecule has 40 heavy (non-hydrogen) atoms. The first kappa shape index (κ1) is 28.2. The largest absolute Gasteiger partial charge is 0.490 e. The summed E-state index contributed by atoms with van der Waals surface area (Å²) >= 11 is 5.95. The predicted molar refractivity (Wildman–Crippen MR) is 145 cm³/mol. The van der Waals surface area contributed by atoms with Crippen LogP contribution in [-0.2, 0) is 11.0 Å². The number of hydrogen-bond donors (Lipinski definition) is 1. The van der Waals surface area contributed by atoms with Crippen molar-refractivity contribution < 1.29 is 32.2 Å². The smallest absolute Gasteiger partial charge is 0.416 e. The number of anilines is 1. The molecule has 4 rings (SSSR count). The topological polar surface area (TPSA) is 88.4 Å². The highest BCUT2D eigenvalue weighted by Crippen LogP contribution is 2.34. The lowest BCUT2D eigenvalue weighted by Crippen LogP contribution is -2.15. The van der Waals surface area contributed by atoms with Gasteiger partial charge in [0.1, 0.15) is 11.6 Å². The van der Waals surface area contributed by atoms with E-state index < -0.39 is 29.2 Å². The van der Waals surface area contributed by atoms with E-state index in [1.165, 1.54) is 24.3 Å². The van der Waals surface area contributed by atoms with Gasteiger partial charge >= 0.3 is 12.1 Å². The van der Waals surface area contributed by atoms with Gasteiger partial charge in [-0.3, -0.25) is 4.79 Å². The molecule has 0 saturated heterocycles. The van der Waals surface area contributed by atoms with Crippen LogP contribution in [0.5, 0.6) is 11.5 Å². The molecule has 0 aliphatic rings. The SMILES string of the molecule is CCOc1cc(/C=C(\C#N)C(=O)Nc2cc(C(F)(F)F)ccc2Cl)ccc1OC(=O)c1cccc2ccccc12. The Morgan fingerprint density at radius 1 is 1.00 bits per heavy atom. The summed E-state index contributed by atoms with van der Waals surface area (Å²) in [5.41, 5.74) is -1.01. The summed E-state index contributed by atoms with van der Waals surface area (Å²) in [5, 5.41) is 13.3.